The summed E-state index contributed by atoms with van der Waals surface area (Å²) in [6.45, 7) is 3.13. The first-order chi connectivity index (χ1) is 12.7. The lowest BCUT2D eigenvalue weighted by Crippen LogP contribution is -2.46. The number of hydrogen-bond donors (Lipinski definition) is 1. The van der Waals surface area contributed by atoms with E-state index in [-0.39, 0.29) is 6.10 Å². The van der Waals surface area contributed by atoms with E-state index in [0.29, 0.717) is 26.2 Å². The van der Waals surface area contributed by atoms with E-state index < -0.39 is 18.7 Å². The molecule has 2 aromatic rings. The van der Waals surface area contributed by atoms with Crippen LogP contribution in [0.3, 0.4) is 0 Å². The van der Waals surface area contributed by atoms with Crippen molar-refractivity contribution in [1.29, 1.82) is 0 Å². The molecule has 0 spiro atoms. The average molecular weight is 358 g/mol. The molecule has 5 heteroatoms. The second-order valence-corrected chi connectivity index (χ2v) is 6.48. The lowest BCUT2D eigenvalue weighted by Gasteiger charge is -2.35. The summed E-state index contributed by atoms with van der Waals surface area (Å²) >= 11 is 0. The van der Waals surface area contributed by atoms with Gasteiger partial charge in [-0.1, -0.05) is 60.7 Å². The van der Waals surface area contributed by atoms with Crippen molar-refractivity contribution in [3.8, 4) is 0 Å². The summed E-state index contributed by atoms with van der Waals surface area (Å²) < 4.78 is 23.2. The van der Waals surface area contributed by atoms with E-state index in [1.54, 1.807) is 0 Å². The maximum absolute atomic E-state index is 9.89. The van der Waals surface area contributed by atoms with Crippen LogP contribution in [-0.2, 0) is 32.2 Å². The predicted molar refractivity (Wildman–Crippen MR) is 97.2 cm³/mol. The van der Waals surface area contributed by atoms with Crippen molar-refractivity contribution < 1.29 is 24.1 Å². The molecule has 0 aliphatic carbocycles. The van der Waals surface area contributed by atoms with Crippen LogP contribution < -0.4 is 0 Å². The molecule has 1 saturated heterocycles. The van der Waals surface area contributed by atoms with Gasteiger partial charge in [0, 0.05) is 6.42 Å². The van der Waals surface area contributed by atoms with Crippen molar-refractivity contribution >= 4 is 0 Å². The first kappa shape index (κ1) is 19.0. The summed E-state index contributed by atoms with van der Waals surface area (Å²) in [6.07, 6.45) is -1.58. The molecule has 1 aliphatic rings. The zero-order valence-corrected chi connectivity index (χ0v) is 15.0. The molecule has 0 aromatic heterocycles. The van der Waals surface area contributed by atoms with Crippen LogP contribution in [0.15, 0.2) is 60.7 Å². The molecule has 26 heavy (non-hydrogen) atoms. The predicted octanol–water partition coefficient (Wildman–Crippen LogP) is 3.26. The first-order valence-electron chi connectivity index (χ1n) is 8.97. The highest BCUT2D eigenvalue weighted by atomic mass is 16.8. The molecular formula is C21H26O5. The third-order valence-electron chi connectivity index (χ3n) is 4.20. The second-order valence-electron chi connectivity index (χ2n) is 6.48. The Morgan fingerprint density at radius 3 is 2.19 bits per heavy atom. The molecule has 3 rings (SSSR count). The van der Waals surface area contributed by atoms with Gasteiger partial charge >= 0.3 is 0 Å². The van der Waals surface area contributed by atoms with E-state index in [9.17, 15) is 5.11 Å². The van der Waals surface area contributed by atoms with Crippen molar-refractivity contribution in [2.75, 3.05) is 6.61 Å². The third-order valence-corrected chi connectivity index (χ3v) is 4.20. The Labute approximate surface area is 154 Å². The lowest BCUT2D eigenvalue weighted by atomic mass is 10.2. The van der Waals surface area contributed by atoms with Gasteiger partial charge < -0.3 is 24.1 Å². The smallest absolute Gasteiger partial charge is 0.189 e. The molecular weight excluding hydrogens is 332 g/mol. The van der Waals surface area contributed by atoms with Gasteiger partial charge in [-0.2, -0.15) is 0 Å². The molecule has 1 N–H and O–H groups in total. The zero-order valence-electron chi connectivity index (χ0n) is 15.0. The van der Waals surface area contributed by atoms with Gasteiger partial charge in [0.05, 0.1) is 25.9 Å². The monoisotopic (exact) mass is 358 g/mol. The molecule has 1 unspecified atom stereocenters. The zero-order chi connectivity index (χ0) is 18.2. The van der Waals surface area contributed by atoms with Crippen molar-refractivity contribution in [3.63, 3.8) is 0 Å². The summed E-state index contributed by atoms with van der Waals surface area (Å²) in [5, 5.41) is 9.89. The fraction of sp³-hybridized carbons (Fsp3) is 0.429. The van der Waals surface area contributed by atoms with Gasteiger partial charge in [0.1, 0.15) is 6.10 Å². The van der Waals surface area contributed by atoms with Crippen LogP contribution >= 0.6 is 0 Å². The largest absolute Gasteiger partial charge is 0.374 e. The summed E-state index contributed by atoms with van der Waals surface area (Å²) in [5.41, 5.74) is 2.15. The number of aliphatic hydroxyl groups excluding tert-OH is 1. The van der Waals surface area contributed by atoms with Gasteiger partial charge in [0.2, 0.25) is 0 Å². The van der Waals surface area contributed by atoms with Crippen molar-refractivity contribution in [2.24, 2.45) is 0 Å². The Bertz CT molecular complexity index is 623. The Kier molecular flexibility index (Phi) is 7.17. The van der Waals surface area contributed by atoms with E-state index in [4.69, 9.17) is 18.9 Å². The SMILES string of the molecule is C[C@H]1CC(O)O[C@@H]([C@H](COCc2ccccc2)OCc2ccccc2)O1. The van der Waals surface area contributed by atoms with Gasteiger partial charge in [0.25, 0.3) is 0 Å². The number of aliphatic hydroxyl groups is 1. The number of benzene rings is 2. The second kappa shape index (κ2) is 9.80. The van der Waals surface area contributed by atoms with Crippen molar-refractivity contribution in [2.45, 2.75) is 51.3 Å². The van der Waals surface area contributed by atoms with E-state index in [2.05, 4.69) is 0 Å². The highest BCUT2D eigenvalue weighted by molar-refractivity contribution is 5.14. The Hall–Kier alpha value is -1.76. The summed E-state index contributed by atoms with van der Waals surface area (Å²) in [6, 6.07) is 19.9. The maximum atomic E-state index is 9.89. The standard InChI is InChI=1S/C21H26O5/c1-16-12-20(22)26-21(25-16)19(24-14-18-10-6-3-7-11-18)15-23-13-17-8-4-2-5-9-17/h2-11,16,19-22H,12-15H2,1H3/t16-,19-,20?,21-/m0/s1. The van der Waals surface area contributed by atoms with Gasteiger partial charge in [0.15, 0.2) is 12.6 Å². The maximum Gasteiger partial charge on any atom is 0.189 e. The van der Waals surface area contributed by atoms with Crippen LogP contribution in [0.2, 0.25) is 0 Å². The highest BCUT2D eigenvalue weighted by Gasteiger charge is 2.33. The fourth-order valence-electron chi connectivity index (χ4n) is 2.84. The van der Waals surface area contributed by atoms with Gasteiger partial charge in [-0.15, -0.1) is 0 Å². The average Bonchev–Trinajstić information content (AvgIpc) is 2.65. The first-order valence-corrected chi connectivity index (χ1v) is 8.97. The van der Waals surface area contributed by atoms with Crippen LogP contribution in [0, 0.1) is 0 Å². The third kappa shape index (κ3) is 5.90. The van der Waals surface area contributed by atoms with Gasteiger partial charge in [-0.05, 0) is 18.1 Å². The summed E-state index contributed by atoms with van der Waals surface area (Å²) in [5.74, 6) is 0. The quantitative estimate of drug-likeness (QED) is 0.785. The van der Waals surface area contributed by atoms with Gasteiger partial charge in [-0.3, -0.25) is 0 Å². The minimum Gasteiger partial charge on any atom is -0.374 e. The molecule has 0 bridgehead atoms. The highest BCUT2D eigenvalue weighted by Crippen LogP contribution is 2.22. The molecule has 0 saturated carbocycles. The van der Waals surface area contributed by atoms with Crippen LogP contribution in [0.1, 0.15) is 24.5 Å². The molecule has 2 aromatic carbocycles. The van der Waals surface area contributed by atoms with Crippen molar-refractivity contribution in [1.82, 2.24) is 0 Å². The van der Waals surface area contributed by atoms with Crippen LogP contribution in [0.25, 0.3) is 0 Å². The van der Waals surface area contributed by atoms with Crippen LogP contribution in [0.5, 0.6) is 0 Å². The van der Waals surface area contributed by atoms with Gasteiger partial charge in [-0.25, -0.2) is 0 Å². The topological polar surface area (TPSA) is 57.2 Å². The normalized spacial score (nSPS) is 24.3. The molecule has 4 atom stereocenters. The molecule has 5 nitrogen and oxygen atoms in total. The van der Waals surface area contributed by atoms with E-state index in [1.165, 1.54) is 0 Å². The number of hydrogen-bond acceptors (Lipinski definition) is 5. The molecule has 1 heterocycles. The molecule has 1 fully saturated rings. The molecule has 0 amide bonds. The van der Waals surface area contributed by atoms with E-state index >= 15 is 0 Å². The molecule has 140 valence electrons. The van der Waals surface area contributed by atoms with Crippen molar-refractivity contribution in [3.05, 3.63) is 71.8 Å². The Morgan fingerprint density at radius 2 is 1.58 bits per heavy atom. The molecule has 0 radical (unpaired) electrons. The van der Waals surface area contributed by atoms with Crippen LogP contribution in [0.4, 0.5) is 0 Å². The number of rotatable bonds is 8. The fourth-order valence-corrected chi connectivity index (χ4v) is 2.84. The van der Waals surface area contributed by atoms with Crippen LogP contribution in [-0.4, -0.2) is 36.5 Å². The van der Waals surface area contributed by atoms with E-state index in [1.807, 2.05) is 67.6 Å². The summed E-state index contributed by atoms with van der Waals surface area (Å²) in [7, 11) is 0. The summed E-state index contributed by atoms with van der Waals surface area (Å²) in [4.78, 5) is 0. The minimum atomic E-state index is -0.847. The Morgan fingerprint density at radius 1 is 0.962 bits per heavy atom. The minimum absolute atomic E-state index is 0.0966. The Balaban J connectivity index is 1.58. The van der Waals surface area contributed by atoms with E-state index in [0.717, 1.165) is 11.1 Å². The molecule has 1 aliphatic heterocycles. The number of ether oxygens (including phenoxy) is 4. The lowest BCUT2D eigenvalue weighted by molar-refractivity contribution is -0.325.